The predicted octanol–water partition coefficient (Wildman–Crippen LogP) is 2.60. The van der Waals surface area contributed by atoms with E-state index in [0.29, 0.717) is 32.0 Å². The minimum absolute atomic E-state index is 0.189. The molecule has 5 aliphatic heterocycles. The monoisotopic (exact) mass is 367 g/mol. The predicted molar refractivity (Wildman–Crippen MR) is 104 cm³/mol. The van der Waals surface area contributed by atoms with E-state index in [4.69, 9.17) is 0 Å². The summed E-state index contributed by atoms with van der Waals surface area (Å²) in [5, 5.41) is 0. The van der Waals surface area contributed by atoms with E-state index in [2.05, 4.69) is 42.7 Å². The molecule has 1 amide bonds. The van der Waals surface area contributed by atoms with Crippen LogP contribution in [0.4, 0.5) is 5.69 Å². The number of carbonyl (C=O) groups excluding carboxylic acids is 2. The summed E-state index contributed by atoms with van der Waals surface area (Å²) in [5.41, 5.74) is 0.839. The van der Waals surface area contributed by atoms with Crippen LogP contribution in [0.2, 0.25) is 0 Å². The molecule has 144 valence electrons. The molecular formula is C22H29N3O2. The molecule has 0 aliphatic carbocycles. The number of piperidine rings is 2. The first-order valence-corrected chi connectivity index (χ1v) is 10.5. The highest BCUT2D eigenvalue weighted by molar-refractivity contribution is 6.08. The van der Waals surface area contributed by atoms with Gasteiger partial charge in [-0.3, -0.25) is 19.4 Å². The van der Waals surface area contributed by atoms with Crippen LogP contribution in [-0.4, -0.2) is 54.2 Å². The lowest BCUT2D eigenvalue weighted by atomic mass is 9.57. The van der Waals surface area contributed by atoms with Crippen LogP contribution < -0.4 is 4.90 Å². The number of para-hydroxylation sites is 1. The number of anilines is 1. The fourth-order valence-corrected chi connectivity index (χ4v) is 6.42. The van der Waals surface area contributed by atoms with E-state index < -0.39 is 5.66 Å². The summed E-state index contributed by atoms with van der Waals surface area (Å²) < 4.78 is 0. The van der Waals surface area contributed by atoms with Crippen molar-refractivity contribution in [3.8, 4) is 0 Å². The van der Waals surface area contributed by atoms with Gasteiger partial charge in [0.2, 0.25) is 0 Å². The van der Waals surface area contributed by atoms with Crippen LogP contribution in [0.3, 0.4) is 0 Å². The van der Waals surface area contributed by atoms with Crippen molar-refractivity contribution < 1.29 is 9.59 Å². The Morgan fingerprint density at radius 2 is 1.44 bits per heavy atom. The van der Waals surface area contributed by atoms with Gasteiger partial charge >= 0.3 is 0 Å². The van der Waals surface area contributed by atoms with Gasteiger partial charge in [-0.15, -0.1) is 0 Å². The second-order valence-electron chi connectivity index (χ2n) is 8.96. The smallest absolute Gasteiger partial charge is 0.267 e. The molecule has 1 aromatic carbocycles. The van der Waals surface area contributed by atoms with Gasteiger partial charge in [0, 0.05) is 38.3 Å². The lowest BCUT2D eigenvalue weighted by Crippen LogP contribution is -2.84. The molecule has 1 aromatic rings. The van der Waals surface area contributed by atoms with Gasteiger partial charge in [-0.1, -0.05) is 39.0 Å². The van der Waals surface area contributed by atoms with Crippen LogP contribution in [0, 0.1) is 10.8 Å². The standard InChI is InChI=1S/C22H29N3O2/c1-4-11-25-17-10-8-7-9-16(17)22(19(25)27)23-12-20(5-2)13-24(22)15-21(6-3,14-23)18(20)26/h7-10H,4-6,11-15H2,1-3H3. The van der Waals surface area contributed by atoms with Crippen molar-refractivity contribution in [2.75, 3.05) is 37.6 Å². The number of ketones is 1. The fourth-order valence-electron chi connectivity index (χ4n) is 6.42. The molecule has 6 rings (SSSR count). The lowest BCUT2D eigenvalue weighted by Gasteiger charge is -2.69. The number of benzene rings is 1. The van der Waals surface area contributed by atoms with Crippen LogP contribution in [0.1, 0.15) is 45.6 Å². The highest BCUT2D eigenvalue weighted by Gasteiger charge is 2.73. The molecule has 5 nitrogen and oxygen atoms in total. The van der Waals surface area contributed by atoms with E-state index in [-0.39, 0.29) is 16.7 Å². The molecule has 4 saturated heterocycles. The summed E-state index contributed by atoms with van der Waals surface area (Å²) >= 11 is 0. The highest BCUT2D eigenvalue weighted by atomic mass is 16.2. The molecule has 4 fully saturated rings. The molecule has 27 heavy (non-hydrogen) atoms. The molecule has 0 unspecified atom stereocenters. The van der Waals surface area contributed by atoms with Gasteiger partial charge in [0.05, 0.1) is 16.5 Å². The molecule has 0 aromatic heterocycles. The zero-order valence-corrected chi connectivity index (χ0v) is 16.6. The van der Waals surface area contributed by atoms with Crippen molar-refractivity contribution in [2.24, 2.45) is 10.8 Å². The van der Waals surface area contributed by atoms with Gasteiger partial charge in [-0.25, -0.2) is 0 Å². The van der Waals surface area contributed by atoms with E-state index in [1.54, 1.807) is 0 Å². The van der Waals surface area contributed by atoms with Crippen molar-refractivity contribution in [3.05, 3.63) is 29.8 Å². The maximum atomic E-state index is 13.9. The minimum Gasteiger partial charge on any atom is -0.309 e. The quantitative estimate of drug-likeness (QED) is 0.821. The SMILES string of the molecule is CCCN1C(=O)C2(c3ccccc31)N1CC3(CC)CN2CC(CC)(C1)C3=O. The van der Waals surface area contributed by atoms with Crippen LogP contribution in [0.25, 0.3) is 0 Å². The Labute approximate surface area is 161 Å². The summed E-state index contributed by atoms with van der Waals surface area (Å²) in [5.74, 6) is 0.640. The van der Waals surface area contributed by atoms with E-state index in [9.17, 15) is 9.59 Å². The largest absolute Gasteiger partial charge is 0.309 e. The average molecular weight is 367 g/mol. The van der Waals surface area contributed by atoms with Crippen LogP contribution >= 0.6 is 0 Å². The maximum absolute atomic E-state index is 13.9. The van der Waals surface area contributed by atoms with Gasteiger partial charge in [0.1, 0.15) is 5.78 Å². The van der Waals surface area contributed by atoms with E-state index >= 15 is 0 Å². The molecule has 0 radical (unpaired) electrons. The Kier molecular flexibility index (Phi) is 3.49. The van der Waals surface area contributed by atoms with Crippen molar-refractivity contribution in [1.82, 2.24) is 9.80 Å². The second-order valence-corrected chi connectivity index (χ2v) is 8.96. The fraction of sp³-hybridized carbons (Fsp3) is 0.636. The zero-order chi connectivity index (χ0) is 19.0. The van der Waals surface area contributed by atoms with Crippen LogP contribution in [-0.2, 0) is 15.3 Å². The first-order chi connectivity index (χ1) is 13.0. The van der Waals surface area contributed by atoms with Gasteiger partial charge in [-0.2, -0.15) is 0 Å². The third kappa shape index (κ3) is 1.78. The minimum atomic E-state index is -0.705. The number of amides is 1. The Morgan fingerprint density at radius 3 is 1.96 bits per heavy atom. The Hall–Kier alpha value is -1.72. The molecule has 0 atom stereocenters. The Balaban J connectivity index is 1.70. The maximum Gasteiger partial charge on any atom is 0.267 e. The number of fused-ring (bicyclic) bond motifs is 1. The van der Waals surface area contributed by atoms with Gasteiger partial charge in [0.25, 0.3) is 5.91 Å². The zero-order valence-electron chi connectivity index (χ0n) is 16.6. The molecule has 0 saturated carbocycles. The number of carbonyl (C=O) groups is 2. The molecule has 5 heterocycles. The highest BCUT2D eigenvalue weighted by Crippen LogP contribution is 2.60. The first-order valence-electron chi connectivity index (χ1n) is 10.5. The van der Waals surface area contributed by atoms with Crippen LogP contribution in [0.15, 0.2) is 24.3 Å². The molecule has 5 heteroatoms. The van der Waals surface area contributed by atoms with E-state index in [0.717, 1.165) is 37.1 Å². The molecular weight excluding hydrogens is 338 g/mol. The van der Waals surface area contributed by atoms with E-state index in [1.807, 2.05) is 17.0 Å². The topological polar surface area (TPSA) is 43.9 Å². The summed E-state index contributed by atoms with van der Waals surface area (Å²) in [6.07, 6.45) is 2.64. The van der Waals surface area contributed by atoms with Crippen molar-refractivity contribution in [2.45, 2.75) is 45.7 Å². The number of nitrogens with zero attached hydrogens (tertiary/aromatic N) is 3. The van der Waals surface area contributed by atoms with Crippen LogP contribution in [0.5, 0.6) is 0 Å². The molecule has 0 N–H and O–H groups in total. The number of rotatable bonds is 4. The molecule has 4 bridgehead atoms. The Bertz CT molecular complexity index is 791. The summed E-state index contributed by atoms with van der Waals surface area (Å²) in [6.45, 7) is 9.97. The molecule has 5 aliphatic rings. The first kappa shape index (κ1) is 17.4. The average Bonchev–Trinajstić information content (AvgIpc) is 2.92. The van der Waals surface area contributed by atoms with E-state index in [1.165, 1.54) is 0 Å². The number of hydrogen-bond acceptors (Lipinski definition) is 4. The summed E-state index contributed by atoms with van der Waals surface area (Å²) in [4.78, 5) is 34.0. The lowest BCUT2D eigenvalue weighted by molar-refractivity contribution is -0.234. The Morgan fingerprint density at radius 1 is 0.889 bits per heavy atom. The van der Waals surface area contributed by atoms with Gasteiger partial charge < -0.3 is 4.90 Å². The van der Waals surface area contributed by atoms with Crippen molar-refractivity contribution in [3.63, 3.8) is 0 Å². The second kappa shape index (κ2) is 5.42. The normalized spacial score (nSPS) is 41.7. The summed E-state index contributed by atoms with van der Waals surface area (Å²) in [7, 11) is 0. The van der Waals surface area contributed by atoms with Gasteiger partial charge in [-0.05, 0) is 25.3 Å². The molecule has 1 spiro atoms. The number of Topliss-reactive ketones (excluding diaryl/α,β-unsaturated/α-hetero) is 1. The van der Waals surface area contributed by atoms with Crippen molar-refractivity contribution in [1.29, 1.82) is 0 Å². The van der Waals surface area contributed by atoms with Gasteiger partial charge in [0.15, 0.2) is 5.66 Å². The van der Waals surface area contributed by atoms with Crippen molar-refractivity contribution >= 4 is 17.4 Å². The number of hydrogen-bond donors (Lipinski definition) is 0. The third-order valence-electron chi connectivity index (χ3n) is 7.77. The third-order valence-corrected chi connectivity index (χ3v) is 7.77. The summed E-state index contributed by atoms with van der Waals surface area (Å²) in [6, 6.07) is 8.29.